The molecule has 0 saturated heterocycles. The fourth-order valence-electron chi connectivity index (χ4n) is 4.56. The van der Waals surface area contributed by atoms with Crippen LogP contribution in [0.15, 0.2) is 23.8 Å². The van der Waals surface area contributed by atoms with E-state index in [0.29, 0.717) is 36.1 Å². The van der Waals surface area contributed by atoms with E-state index >= 15 is 0 Å². The predicted octanol–water partition coefficient (Wildman–Crippen LogP) is 6.26. The molecule has 30 heavy (non-hydrogen) atoms. The van der Waals surface area contributed by atoms with Crippen LogP contribution in [0.1, 0.15) is 76.8 Å². The molecule has 0 spiro atoms. The van der Waals surface area contributed by atoms with Crippen molar-refractivity contribution >= 4 is 10.1 Å². The summed E-state index contributed by atoms with van der Waals surface area (Å²) in [6.45, 7) is 7.98. The van der Waals surface area contributed by atoms with Crippen molar-refractivity contribution in [2.45, 2.75) is 83.2 Å². The Bertz CT molecular complexity index is 932. The molecule has 3 rings (SSSR count). The number of allylic oxidation sites excluding steroid dienone is 2. The number of aryl methyl sites for hydroxylation is 1. The summed E-state index contributed by atoms with van der Waals surface area (Å²) in [5.41, 5.74) is -3.76. The maximum Gasteiger partial charge on any atom is 0.534 e. The molecule has 1 aliphatic carbocycles. The van der Waals surface area contributed by atoms with Crippen LogP contribution in [0.4, 0.5) is 13.2 Å². The third-order valence-electron chi connectivity index (χ3n) is 6.10. The van der Waals surface area contributed by atoms with Gasteiger partial charge in [-0.3, -0.25) is 0 Å². The lowest BCUT2D eigenvalue weighted by Gasteiger charge is -2.47. The minimum absolute atomic E-state index is 0.00980. The summed E-state index contributed by atoms with van der Waals surface area (Å²) in [6.07, 6.45) is 6.88. The normalized spacial score (nSPS) is 23.1. The third kappa shape index (κ3) is 4.48. The summed E-state index contributed by atoms with van der Waals surface area (Å²) < 4.78 is 73.8. The second-order valence-electron chi connectivity index (χ2n) is 8.85. The fraction of sp³-hybridized carbons (Fsp3) is 0.636. The molecule has 2 aliphatic rings. The van der Waals surface area contributed by atoms with Crippen LogP contribution < -0.4 is 8.92 Å². The lowest BCUT2D eigenvalue weighted by Crippen LogP contribution is -2.45. The monoisotopic (exact) mass is 446 g/mol. The Morgan fingerprint density at radius 1 is 1.23 bits per heavy atom. The van der Waals surface area contributed by atoms with E-state index < -0.39 is 21.2 Å². The van der Waals surface area contributed by atoms with E-state index in [1.165, 1.54) is 6.07 Å². The van der Waals surface area contributed by atoms with Gasteiger partial charge in [0, 0.05) is 17.4 Å². The van der Waals surface area contributed by atoms with Gasteiger partial charge in [0.1, 0.15) is 17.1 Å². The molecule has 1 aliphatic heterocycles. The van der Waals surface area contributed by atoms with Crippen LogP contribution in [-0.2, 0) is 16.5 Å². The molecule has 0 aromatic heterocycles. The molecule has 0 amide bonds. The van der Waals surface area contributed by atoms with Gasteiger partial charge in [-0.05, 0) is 64.2 Å². The molecule has 4 nitrogen and oxygen atoms in total. The summed E-state index contributed by atoms with van der Waals surface area (Å²) in [5, 5.41) is 0. The van der Waals surface area contributed by atoms with Crippen LogP contribution in [0.5, 0.6) is 11.5 Å². The van der Waals surface area contributed by atoms with Crippen molar-refractivity contribution in [3.8, 4) is 11.5 Å². The maximum absolute atomic E-state index is 13.1. The first-order chi connectivity index (χ1) is 13.9. The average Bonchev–Trinajstić information content (AvgIpc) is 2.59. The Balaban J connectivity index is 2.13. The Hall–Kier alpha value is -1.70. The van der Waals surface area contributed by atoms with Crippen molar-refractivity contribution in [3.63, 3.8) is 0 Å². The van der Waals surface area contributed by atoms with Gasteiger partial charge in [0.25, 0.3) is 0 Å². The molecule has 8 heteroatoms. The second-order valence-corrected chi connectivity index (χ2v) is 10.4. The molecule has 2 unspecified atom stereocenters. The first kappa shape index (κ1) is 23.0. The smallest absolute Gasteiger partial charge is 0.487 e. The van der Waals surface area contributed by atoms with E-state index in [1.54, 1.807) is 0 Å². The van der Waals surface area contributed by atoms with E-state index in [1.807, 2.05) is 26.8 Å². The largest absolute Gasteiger partial charge is 0.534 e. The predicted molar refractivity (Wildman–Crippen MR) is 109 cm³/mol. The van der Waals surface area contributed by atoms with E-state index in [-0.39, 0.29) is 17.6 Å². The number of hydrogen-bond acceptors (Lipinski definition) is 4. The number of halogens is 3. The second kappa shape index (κ2) is 8.09. The summed E-state index contributed by atoms with van der Waals surface area (Å²) >= 11 is 0. The molecule has 0 radical (unpaired) electrons. The number of fused-ring (bicyclic) bond motifs is 3. The van der Waals surface area contributed by atoms with Gasteiger partial charge in [-0.2, -0.15) is 21.6 Å². The molecule has 0 bridgehead atoms. The highest BCUT2D eigenvalue weighted by atomic mass is 32.2. The van der Waals surface area contributed by atoms with Crippen molar-refractivity contribution in [2.75, 3.05) is 0 Å². The Morgan fingerprint density at radius 3 is 2.57 bits per heavy atom. The molecule has 0 N–H and O–H groups in total. The standard InChI is InChI=1S/C22H29F3O4S/c1-5-6-7-8-15-12-18-20(19(13-15)29-30(26,27)22(23,24)25)16-11-14(2)9-10-17(16)21(3,4)28-18/h9,12-13,16-17H,5-8,10-11H2,1-4H3. The SMILES string of the molecule is CCCCCc1cc2c(c(OS(=O)(=O)C(F)(F)F)c1)C1CC(C)=CCC1C(C)(C)O2. The van der Waals surface area contributed by atoms with Crippen molar-refractivity contribution in [1.29, 1.82) is 0 Å². The molecule has 0 fully saturated rings. The van der Waals surface area contributed by atoms with Crippen molar-refractivity contribution in [3.05, 3.63) is 34.9 Å². The van der Waals surface area contributed by atoms with Gasteiger partial charge in [-0.1, -0.05) is 31.4 Å². The van der Waals surface area contributed by atoms with Gasteiger partial charge in [0.05, 0.1) is 0 Å². The minimum atomic E-state index is -5.78. The first-order valence-corrected chi connectivity index (χ1v) is 11.8. The van der Waals surface area contributed by atoms with Crippen LogP contribution in [0.25, 0.3) is 0 Å². The molecule has 1 heterocycles. The Kier molecular flexibility index (Phi) is 6.20. The van der Waals surface area contributed by atoms with Gasteiger partial charge >= 0.3 is 15.6 Å². The average molecular weight is 447 g/mol. The fourth-order valence-corrected chi connectivity index (χ4v) is 5.03. The molecule has 2 atom stereocenters. The Labute approximate surface area is 176 Å². The lowest BCUT2D eigenvalue weighted by atomic mass is 9.67. The van der Waals surface area contributed by atoms with Crippen LogP contribution in [-0.4, -0.2) is 19.5 Å². The number of alkyl halides is 3. The number of hydrogen-bond donors (Lipinski definition) is 0. The molecule has 1 aromatic rings. The number of ether oxygens (including phenoxy) is 1. The molecular formula is C22H29F3O4S. The zero-order valence-corrected chi connectivity index (χ0v) is 18.6. The topological polar surface area (TPSA) is 52.6 Å². The van der Waals surface area contributed by atoms with E-state index in [0.717, 1.165) is 24.8 Å². The van der Waals surface area contributed by atoms with E-state index in [2.05, 4.69) is 13.0 Å². The van der Waals surface area contributed by atoms with Crippen molar-refractivity contribution in [2.24, 2.45) is 5.92 Å². The van der Waals surface area contributed by atoms with E-state index in [9.17, 15) is 21.6 Å². The maximum atomic E-state index is 13.1. The molecule has 0 saturated carbocycles. The Morgan fingerprint density at radius 2 is 1.93 bits per heavy atom. The highest BCUT2D eigenvalue weighted by Crippen LogP contribution is 2.54. The molecule has 1 aromatic carbocycles. The van der Waals surface area contributed by atoms with Gasteiger partial charge < -0.3 is 8.92 Å². The van der Waals surface area contributed by atoms with Crippen LogP contribution in [0, 0.1) is 5.92 Å². The van der Waals surface area contributed by atoms with Gasteiger partial charge in [0.2, 0.25) is 0 Å². The lowest BCUT2D eigenvalue weighted by molar-refractivity contribution is -0.0502. The number of unbranched alkanes of at least 4 members (excludes halogenated alkanes) is 2. The van der Waals surface area contributed by atoms with Gasteiger partial charge in [-0.25, -0.2) is 0 Å². The van der Waals surface area contributed by atoms with E-state index in [4.69, 9.17) is 8.92 Å². The highest BCUT2D eigenvalue weighted by molar-refractivity contribution is 7.88. The highest BCUT2D eigenvalue weighted by Gasteiger charge is 2.51. The summed E-state index contributed by atoms with van der Waals surface area (Å²) in [6, 6.07) is 3.29. The summed E-state index contributed by atoms with van der Waals surface area (Å²) in [4.78, 5) is 0. The molecule has 168 valence electrons. The van der Waals surface area contributed by atoms with Crippen LogP contribution >= 0.6 is 0 Å². The molecular weight excluding hydrogens is 417 g/mol. The summed E-state index contributed by atoms with van der Waals surface area (Å²) in [7, 11) is -5.78. The van der Waals surface area contributed by atoms with Crippen molar-refractivity contribution in [1.82, 2.24) is 0 Å². The summed E-state index contributed by atoms with van der Waals surface area (Å²) in [5.74, 6) is 0.0151. The number of benzene rings is 1. The minimum Gasteiger partial charge on any atom is -0.487 e. The van der Waals surface area contributed by atoms with Gasteiger partial charge in [0.15, 0.2) is 0 Å². The van der Waals surface area contributed by atoms with Gasteiger partial charge in [-0.15, -0.1) is 0 Å². The van der Waals surface area contributed by atoms with Crippen LogP contribution in [0.2, 0.25) is 0 Å². The zero-order valence-electron chi connectivity index (χ0n) is 17.8. The zero-order chi connectivity index (χ0) is 22.3. The third-order valence-corrected chi connectivity index (χ3v) is 7.07. The number of rotatable bonds is 6. The first-order valence-electron chi connectivity index (χ1n) is 10.4. The van der Waals surface area contributed by atoms with Crippen LogP contribution in [0.3, 0.4) is 0 Å². The van der Waals surface area contributed by atoms with Crippen molar-refractivity contribution < 1.29 is 30.5 Å². The quantitative estimate of drug-likeness (QED) is 0.224.